The number of likely N-dealkylation sites (N-methyl/N-ethyl adjacent to an activating group) is 1. The van der Waals surface area contributed by atoms with Crippen molar-refractivity contribution < 1.29 is 23.5 Å². The van der Waals surface area contributed by atoms with Crippen LogP contribution in [0.5, 0.6) is 11.5 Å². The van der Waals surface area contributed by atoms with Gasteiger partial charge in [-0.2, -0.15) is 0 Å². The third-order valence-electron chi connectivity index (χ3n) is 4.21. The highest BCUT2D eigenvalue weighted by Crippen LogP contribution is 2.34. The van der Waals surface area contributed by atoms with Crippen molar-refractivity contribution in [2.24, 2.45) is 0 Å². The monoisotopic (exact) mass is 387 g/mol. The third-order valence-corrected chi connectivity index (χ3v) is 4.21. The SMILES string of the molecule is C[C@H](NC(=O)CN(C)CC(=O)Nc1cccc(F)c1)c1ccc2c(c1)OCO2. The minimum absolute atomic E-state index is 0.00232. The molecule has 1 aliphatic heterocycles. The van der Waals surface area contributed by atoms with E-state index >= 15 is 0 Å². The number of nitrogens with zero attached hydrogens (tertiary/aromatic N) is 1. The number of carbonyl (C=O) groups is 2. The number of rotatable bonds is 7. The number of ether oxygens (including phenoxy) is 2. The van der Waals surface area contributed by atoms with Gasteiger partial charge in [-0.05, 0) is 49.9 Å². The molecule has 0 bridgehead atoms. The molecular weight excluding hydrogens is 365 g/mol. The van der Waals surface area contributed by atoms with Crippen molar-refractivity contribution in [1.29, 1.82) is 0 Å². The van der Waals surface area contributed by atoms with Crippen LogP contribution in [0, 0.1) is 5.82 Å². The van der Waals surface area contributed by atoms with Crippen molar-refractivity contribution in [2.75, 3.05) is 32.2 Å². The predicted molar refractivity (Wildman–Crippen MR) is 102 cm³/mol. The predicted octanol–water partition coefficient (Wildman–Crippen LogP) is 2.30. The van der Waals surface area contributed by atoms with Gasteiger partial charge in [0.25, 0.3) is 0 Å². The lowest BCUT2D eigenvalue weighted by Crippen LogP contribution is -2.39. The molecule has 2 amide bonds. The van der Waals surface area contributed by atoms with E-state index in [0.717, 1.165) is 5.56 Å². The standard InChI is InChI=1S/C20H22FN3O4/c1-13(14-6-7-17-18(8-14)28-12-27-17)22-19(25)10-24(2)11-20(26)23-16-5-3-4-15(21)9-16/h3-9,13H,10-12H2,1-2H3,(H,22,25)(H,23,26)/t13-/m0/s1. The van der Waals surface area contributed by atoms with E-state index in [-0.39, 0.29) is 37.7 Å². The van der Waals surface area contributed by atoms with Crippen molar-refractivity contribution in [3.8, 4) is 11.5 Å². The van der Waals surface area contributed by atoms with Gasteiger partial charge in [-0.15, -0.1) is 0 Å². The van der Waals surface area contributed by atoms with Crippen molar-refractivity contribution >= 4 is 17.5 Å². The molecule has 28 heavy (non-hydrogen) atoms. The number of hydrogen-bond donors (Lipinski definition) is 2. The molecule has 0 saturated carbocycles. The zero-order valence-electron chi connectivity index (χ0n) is 15.7. The quantitative estimate of drug-likeness (QED) is 0.762. The molecule has 1 aliphatic rings. The fraction of sp³-hybridized carbons (Fsp3) is 0.300. The first kappa shape index (κ1) is 19.6. The zero-order chi connectivity index (χ0) is 20.1. The van der Waals surface area contributed by atoms with Crippen LogP contribution in [0.3, 0.4) is 0 Å². The van der Waals surface area contributed by atoms with Gasteiger partial charge < -0.3 is 20.1 Å². The zero-order valence-corrected chi connectivity index (χ0v) is 15.7. The average Bonchev–Trinajstić information content (AvgIpc) is 3.08. The molecule has 148 valence electrons. The van der Waals surface area contributed by atoms with E-state index in [9.17, 15) is 14.0 Å². The summed E-state index contributed by atoms with van der Waals surface area (Å²) in [4.78, 5) is 25.9. The lowest BCUT2D eigenvalue weighted by Gasteiger charge is -2.19. The first-order valence-electron chi connectivity index (χ1n) is 8.83. The maximum absolute atomic E-state index is 13.2. The molecule has 0 aromatic heterocycles. The molecule has 0 fully saturated rings. The Morgan fingerprint density at radius 3 is 2.64 bits per heavy atom. The van der Waals surface area contributed by atoms with Crippen LogP contribution in [0.15, 0.2) is 42.5 Å². The van der Waals surface area contributed by atoms with Crippen LogP contribution in [0.25, 0.3) is 0 Å². The topological polar surface area (TPSA) is 79.9 Å². The fourth-order valence-electron chi connectivity index (χ4n) is 2.87. The summed E-state index contributed by atoms with van der Waals surface area (Å²) in [5.41, 5.74) is 1.27. The van der Waals surface area contributed by atoms with E-state index in [4.69, 9.17) is 9.47 Å². The Morgan fingerprint density at radius 1 is 1.11 bits per heavy atom. The molecule has 2 aromatic carbocycles. The van der Waals surface area contributed by atoms with Crippen LogP contribution < -0.4 is 20.1 Å². The van der Waals surface area contributed by atoms with E-state index in [1.54, 1.807) is 18.0 Å². The highest BCUT2D eigenvalue weighted by molar-refractivity contribution is 5.92. The molecule has 0 aliphatic carbocycles. The third kappa shape index (κ3) is 5.20. The maximum atomic E-state index is 13.2. The fourth-order valence-corrected chi connectivity index (χ4v) is 2.87. The second-order valence-corrected chi connectivity index (χ2v) is 6.63. The highest BCUT2D eigenvalue weighted by atomic mass is 19.1. The van der Waals surface area contributed by atoms with Crippen molar-refractivity contribution in [3.05, 3.63) is 53.8 Å². The van der Waals surface area contributed by atoms with Crippen LogP contribution >= 0.6 is 0 Å². The Bertz CT molecular complexity index is 874. The maximum Gasteiger partial charge on any atom is 0.238 e. The van der Waals surface area contributed by atoms with Crippen LogP contribution in [-0.4, -0.2) is 43.6 Å². The average molecular weight is 387 g/mol. The molecule has 2 aromatic rings. The van der Waals surface area contributed by atoms with Crippen LogP contribution in [-0.2, 0) is 9.59 Å². The molecule has 1 atom stereocenters. The Hall–Kier alpha value is -3.13. The second-order valence-electron chi connectivity index (χ2n) is 6.63. The number of anilines is 1. The summed E-state index contributed by atoms with van der Waals surface area (Å²) in [5.74, 6) is 0.370. The van der Waals surface area contributed by atoms with E-state index in [0.29, 0.717) is 17.2 Å². The van der Waals surface area contributed by atoms with E-state index < -0.39 is 5.82 Å². The summed E-state index contributed by atoms with van der Waals surface area (Å²) in [6.45, 7) is 2.11. The Kier molecular flexibility index (Phi) is 6.10. The number of fused-ring (bicyclic) bond motifs is 1. The molecule has 0 spiro atoms. The van der Waals surface area contributed by atoms with Crippen LogP contribution in [0.2, 0.25) is 0 Å². The number of amides is 2. The minimum atomic E-state index is -0.428. The molecule has 2 N–H and O–H groups in total. The Morgan fingerprint density at radius 2 is 1.86 bits per heavy atom. The number of nitrogens with one attached hydrogen (secondary N) is 2. The van der Waals surface area contributed by atoms with Gasteiger partial charge in [0.05, 0.1) is 19.1 Å². The van der Waals surface area contributed by atoms with Crippen LogP contribution in [0.1, 0.15) is 18.5 Å². The summed E-state index contributed by atoms with van der Waals surface area (Å²) in [6.07, 6.45) is 0. The van der Waals surface area contributed by atoms with Gasteiger partial charge in [0.15, 0.2) is 11.5 Å². The second kappa shape index (κ2) is 8.71. The number of benzene rings is 2. The summed E-state index contributed by atoms with van der Waals surface area (Å²) < 4.78 is 23.8. The van der Waals surface area contributed by atoms with Crippen LogP contribution in [0.4, 0.5) is 10.1 Å². The van der Waals surface area contributed by atoms with Crippen molar-refractivity contribution in [2.45, 2.75) is 13.0 Å². The van der Waals surface area contributed by atoms with Crippen molar-refractivity contribution in [3.63, 3.8) is 0 Å². The molecule has 7 nitrogen and oxygen atoms in total. The van der Waals surface area contributed by atoms with E-state index in [2.05, 4.69) is 10.6 Å². The normalized spacial score (nSPS) is 13.3. The lowest BCUT2D eigenvalue weighted by atomic mass is 10.1. The molecule has 3 rings (SSSR count). The van der Waals surface area contributed by atoms with Gasteiger partial charge in [0.1, 0.15) is 5.82 Å². The van der Waals surface area contributed by atoms with Gasteiger partial charge in [-0.3, -0.25) is 14.5 Å². The van der Waals surface area contributed by atoms with Gasteiger partial charge >= 0.3 is 0 Å². The Labute approximate surface area is 162 Å². The van der Waals surface area contributed by atoms with E-state index in [1.807, 2.05) is 25.1 Å². The largest absolute Gasteiger partial charge is 0.454 e. The molecule has 0 radical (unpaired) electrons. The van der Waals surface area contributed by atoms with E-state index in [1.165, 1.54) is 18.2 Å². The molecular formula is C20H22FN3O4. The van der Waals surface area contributed by atoms with Gasteiger partial charge in [0.2, 0.25) is 18.6 Å². The Balaban J connectivity index is 1.46. The summed E-state index contributed by atoms with van der Waals surface area (Å²) in [6, 6.07) is 10.9. The minimum Gasteiger partial charge on any atom is -0.454 e. The summed E-state index contributed by atoms with van der Waals surface area (Å²) >= 11 is 0. The molecule has 0 unspecified atom stereocenters. The summed E-state index contributed by atoms with van der Waals surface area (Å²) in [5, 5.41) is 5.49. The number of carbonyl (C=O) groups excluding carboxylic acids is 2. The van der Waals surface area contributed by atoms with Gasteiger partial charge in [-0.25, -0.2) is 4.39 Å². The highest BCUT2D eigenvalue weighted by Gasteiger charge is 2.18. The first-order valence-corrected chi connectivity index (χ1v) is 8.83. The van der Waals surface area contributed by atoms with Crippen molar-refractivity contribution in [1.82, 2.24) is 10.2 Å². The lowest BCUT2D eigenvalue weighted by molar-refractivity contribution is -0.123. The van der Waals surface area contributed by atoms with Gasteiger partial charge in [-0.1, -0.05) is 12.1 Å². The molecule has 1 heterocycles. The summed E-state index contributed by atoms with van der Waals surface area (Å²) in [7, 11) is 1.66. The molecule has 8 heteroatoms. The number of hydrogen-bond acceptors (Lipinski definition) is 5. The smallest absolute Gasteiger partial charge is 0.238 e. The number of halogens is 1. The molecule has 0 saturated heterocycles. The first-order chi connectivity index (χ1) is 13.4. The van der Waals surface area contributed by atoms with Gasteiger partial charge in [0, 0.05) is 5.69 Å².